The van der Waals surface area contributed by atoms with Gasteiger partial charge in [-0.15, -0.1) is 4.91 Å². The monoisotopic (exact) mass is 345 g/mol. The summed E-state index contributed by atoms with van der Waals surface area (Å²) in [5.41, 5.74) is 1.82. The van der Waals surface area contributed by atoms with E-state index in [0.29, 0.717) is 33.4 Å². The van der Waals surface area contributed by atoms with Crippen molar-refractivity contribution in [3.05, 3.63) is 52.4 Å². The van der Waals surface area contributed by atoms with Gasteiger partial charge in [-0.2, -0.15) is 13.2 Å². The molecule has 2 aromatic carbocycles. The Morgan fingerprint density at radius 1 is 1.08 bits per heavy atom. The largest absolute Gasteiger partial charge is 0.416 e. The molecule has 2 heterocycles. The van der Waals surface area contributed by atoms with Crippen molar-refractivity contribution in [2.45, 2.75) is 12.6 Å². The van der Waals surface area contributed by atoms with Gasteiger partial charge < -0.3 is 10.3 Å². The molecule has 5 nitrogen and oxygen atoms in total. The fourth-order valence-electron chi connectivity index (χ4n) is 3.10. The summed E-state index contributed by atoms with van der Waals surface area (Å²) in [6.07, 6.45) is -4.55. The summed E-state index contributed by atoms with van der Waals surface area (Å²) >= 11 is 0. The summed E-state index contributed by atoms with van der Waals surface area (Å²) in [6, 6.07) is 7.86. The molecule has 0 fully saturated rings. The predicted octanol–water partition coefficient (Wildman–Crippen LogP) is 4.75. The SMILES string of the molecule is O=Nc1ccc2c(c1)-c1[nH]c3ccc(C(F)(F)F)cc3c1CC(=O)N2. The van der Waals surface area contributed by atoms with E-state index in [4.69, 9.17) is 0 Å². The maximum absolute atomic E-state index is 13.0. The van der Waals surface area contributed by atoms with Gasteiger partial charge in [0, 0.05) is 16.5 Å². The molecule has 8 heteroatoms. The van der Waals surface area contributed by atoms with Gasteiger partial charge in [0.05, 0.1) is 23.4 Å². The Morgan fingerprint density at radius 2 is 1.88 bits per heavy atom. The maximum Gasteiger partial charge on any atom is 0.416 e. The third-order valence-electron chi connectivity index (χ3n) is 4.22. The first-order valence-corrected chi connectivity index (χ1v) is 7.36. The molecule has 3 aromatic rings. The van der Waals surface area contributed by atoms with Crippen LogP contribution in [0.15, 0.2) is 41.6 Å². The number of alkyl halides is 3. The fraction of sp³-hybridized carbons (Fsp3) is 0.118. The molecule has 4 rings (SSSR count). The van der Waals surface area contributed by atoms with Crippen LogP contribution in [0.1, 0.15) is 11.1 Å². The lowest BCUT2D eigenvalue weighted by Gasteiger charge is -2.07. The van der Waals surface area contributed by atoms with Gasteiger partial charge in [0.25, 0.3) is 0 Å². The van der Waals surface area contributed by atoms with Crippen LogP contribution in [0.5, 0.6) is 0 Å². The first-order chi connectivity index (χ1) is 11.9. The Balaban J connectivity index is 2.02. The number of rotatable bonds is 1. The number of halogens is 3. The number of benzene rings is 2. The molecule has 1 aliphatic heterocycles. The molecular weight excluding hydrogens is 335 g/mol. The van der Waals surface area contributed by atoms with Crippen molar-refractivity contribution in [1.82, 2.24) is 4.98 Å². The van der Waals surface area contributed by atoms with Gasteiger partial charge in [0.2, 0.25) is 5.91 Å². The molecule has 0 saturated carbocycles. The average Bonchev–Trinajstić information content (AvgIpc) is 2.85. The molecule has 126 valence electrons. The minimum Gasteiger partial charge on any atom is -0.354 e. The number of H-pyrrole nitrogens is 1. The van der Waals surface area contributed by atoms with E-state index < -0.39 is 11.7 Å². The first kappa shape index (κ1) is 15.4. The topological polar surface area (TPSA) is 74.3 Å². The second kappa shape index (κ2) is 5.17. The van der Waals surface area contributed by atoms with Gasteiger partial charge in [-0.3, -0.25) is 4.79 Å². The van der Waals surface area contributed by atoms with Crippen molar-refractivity contribution in [1.29, 1.82) is 0 Å². The van der Waals surface area contributed by atoms with E-state index in [1.165, 1.54) is 18.2 Å². The zero-order chi connectivity index (χ0) is 17.8. The Hall–Kier alpha value is -3.16. The fourth-order valence-corrected chi connectivity index (χ4v) is 3.10. The summed E-state index contributed by atoms with van der Waals surface area (Å²) in [6.45, 7) is 0. The van der Waals surface area contributed by atoms with Crippen LogP contribution in [0, 0.1) is 4.91 Å². The molecule has 0 radical (unpaired) electrons. The van der Waals surface area contributed by atoms with Gasteiger partial charge in [-0.05, 0) is 47.1 Å². The van der Waals surface area contributed by atoms with E-state index in [9.17, 15) is 22.9 Å². The van der Waals surface area contributed by atoms with Crippen molar-refractivity contribution >= 4 is 28.2 Å². The number of hydrogen-bond donors (Lipinski definition) is 2. The van der Waals surface area contributed by atoms with Crippen molar-refractivity contribution < 1.29 is 18.0 Å². The summed E-state index contributed by atoms with van der Waals surface area (Å²) in [5.74, 6) is -0.342. The van der Waals surface area contributed by atoms with Crippen LogP contribution in [0.3, 0.4) is 0 Å². The number of aromatic nitrogens is 1. The summed E-state index contributed by atoms with van der Waals surface area (Å²) in [7, 11) is 0. The number of hydrogen-bond acceptors (Lipinski definition) is 3. The highest BCUT2D eigenvalue weighted by Crippen LogP contribution is 2.40. The summed E-state index contributed by atoms with van der Waals surface area (Å²) < 4.78 is 39.0. The van der Waals surface area contributed by atoms with Crippen LogP contribution in [0.25, 0.3) is 22.2 Å². The van der Waals surface area contributed by atoms with Crippen molar-refractivity contribution in [2.75, 3.05) is 5.32 Å². The molecule has 0 unspecified atom stereocenters. The number of carbonyl (C=O) groups excluding carboxylic acids is 1. The normalized spacial score (nSPS) is 13.8. The van der Waals surface area contributed by atoms with E-state index in [-0.39, 0.29) is 18.0 Å². The quantitative estimate of drug-likeness (QED) is 0.625. The second-order valence-corrected chi connectivity index (χ2v) is 5.78. The van der Waals surface area contributed by atoms with Crippen LogP contribution in [-0.2, 0) is 17.4 Å². The minimum atomic E-state index is -4.47. The molecule has 0 atom stereocenters. The molecule has 25 heavy (non-hydrogen) atoms. The first-order valence-electron chi connectivity index (χ1n) is 7.36. The van der Waals surface area contributed by atoms with Crippen LogP contribution >= 0.6 is 0 Å². The van der Waals surface area contributed by atoms with E-state index in [2.05, 4.69) is 15.5 Å². The Bertz CT molecular complexity index is 1040. The minimum absolute atomic E-state index is 0.0742. The predicted molar refractivity (Wildman–Crippen MR) is 86.5 cm³/mol. The number of amides is 1. The standard InChI is InChI=1S/C17H10F3N3O2/c18-17(19,20)8-1-3-13-10(5-8)11-7-15(24)21-14-4-2-9(23-25)6-12(14)16(11)22-13/h1-6,22H,7H2,(H,21,24). The van der Waals surface area contributed by atoms with Crippen molar-refractivity contribution in [2.24, 2.45) is 5.18 Å². The summed E-state index contributed by atoms with van der Waals surface area (Å²) in [4.78, 5) is 26.0. The number of fused-ring (bicyclic) bond motifs is 5. The number of nitrogens with one attached hydrogen (secondary N) is 2. The number of aromatic amines is 1. The highest BCUT2D eigenvalue weighted by molar-refractivity contribution is 6.05. The highest BCUT2D eigenvalue weighted by Gasteiger charge is 2.32. The number of anilines is 1. The lowest BCUT2D eigenvalue weighted by Crippen LogP contribution is -2.12. The molecule has 1 aromatic heterocycles. The molecule has 1 amide bonds. The molecule has 1 aliphatic rings. The Kier molecular flexibility index (Phi) is 3.18. The van der Waals surface area contributed by atoms with Gasteiger partial charge in [-0.1, -0.05) is 0 Å². The molecular formula is C17H10F3N3O2. The van der Waals surface area contributed by atoms with Crippen molar-refractivity contribution in [3.63, 3.8) is 0 Å². The number of carbonyl (C=O) groups is 1. The van der Waals surface area contributed by atoms with Gasteiger partial charge in [0.15, 0.2) is 0 Å². The third kappa shape index (κ3) is 2.46. The Morgan fingerprint density at radius 3 is 2.60 bits per heavy atom. The number of nitrogens with zero attached hydrogens (tertiary/aromatic N) is 1. The lowest BCUT2D eigenvalue weighted by atomic mass is 10.0. The second-order valence-electron chi connectivity index (χ2n) is 5.78. The number of nitroso groups, excluding NO2 is 1. The molecule has 0 bridgehead atoms. The van der Waals surface area contributed by atoms with Crippen LogP contribution in [-0.4, -0.2) is 10.9 Å². The van der Waals surface area contributed by atoms with Gasteiger partial charge in [-0.25, -0.2) is 0 Å². The maximum atomic E-state index is 13.0. The van der Waals surface area contributed by atoms with Crippen LogP contribution < -0.4 is 5.32 Å². The highest BCUT2D eigenvalue weighted by atomic mass is 19.4. The molecule has 0 saturated heterocycles. The van der Waals surface area contributed by atoms with Gasteiger partial charge in [0.1, 0.15) is 5.69 Å². The van der Waals surface area contributed by atoms with E-state index in [1.54, 1.807) is 6.07 Å². The zero-order valence-corrected chi connectivity index (χ0v) is 12.6. The van der Waals surface area contributed by atoms with E-state index >= 15 is 0 Å². The third-order valence-corrected chi connectivity index (χ3v) is 4.22. The van der Waals surface area contributed by atoms with Gasteiger partial charge >= 0.3 is 6.18 Å². The smallest absolute Gasteiger partial charge is 0.354 e. The van der Waals surface area contributed by atoms with E-state index in [0.717, 1.165) is 12.1 Å². The average molecular weight is 345 g/mol. The summed E-state index contributed by atoms with van der Waals surface area (Å²) in [5, 5.41) is 5.90. The van der Waals surface area contributed by atoms with Crippen molar-refractivity contribution in [3.8, 4) is 11.3 Å². The van der Waals surface area contributed by atoms with Crippen LogP contribution in [0.2, 0.25) is 0 Å². The molecule has 2 N–H and O–H groups in total. The van der Waals surface area contributed by atoms with E-state index in [1.807, 2.05) is 0 Å². The molecule has 0 aliphatic carbocycles. The zero-order valence-electron chi connectivity index (χ0n) is 12.6. The lowest BCUT2D eigenvalue weighted by molar-refractivity contribution is -0.137. The van der Waals surface area contributed by atoms with Crippen LogP contribution in [0.4, 0.5) is 24.5 Å². The Labute approximate surface area is 138 Å². The molecule has 0 spiro atoms.